The molecule has 0 fully saturated rings. The van der Waals surface area contributed by atoms with Crippen LogP contribution in [-0.2, 0) is 6.42 Å². The Kier molecular flexibility index (Phi) is 4.30. The van der Waals surface area contributed by atoms with Gasteiger partial charge in [-0.3, -0.25) is 0 Å². The first-order valence-electron chi connectivity index (χ1n) is 5.01. The van der Waals surface area contributed by atoms with E-state index in [0.29, 0.717) is 5.88 Å². The standard InChI is InChI=1S/C10H17N3O2/c1-4-8-12-9(11-3)7(2)10(13-8)15-6-5-14/h14H,4-6H2,1-3H3,(H,11,12,13). The molecule has 0 radical (unpaired) electrons. The molecule has 0 spiro atoms. The van der Waals surface area contributed by atoms with Crippen molar-refractivity contribution in [1.82, 2.24) is 9.97 Å². The van der Waals surface area contributed by atoms with Gasteiger partial charge in [-0.15, -0.1) is 0 Å². The Balaban J connectivity index is 3.01. The van der Waals surface area contributed by atoms with Crippen LogP contribution in [0.1, 0.15) is 18.3 Å². The van der Waals surface area contributed by atoms with Crippen LogP contribution in [0.25, 0.3) is 0 Å². The number of hydrogen-bond donors (Lipinski definition) is 2. The van der Waals surface area contributed by atoms with Gasteiger partial charge in [0.25, 0.3) is 0 Å². The third-order valence-electron chi connectivity index (χ3n) is 2.03. The number of rotatable bonds is 5. The second-order valence-corrected chi connectivity index (χ2v) is 3.09. The summed E-state index contributed by atoms with van der Waals surface area (Å²) in [4.78, 5) is 8.57. The number of ether oxygens (including phenoxy) is 1. The lowest BCUT2D eigenvalue weighted by Crippen LogP contribution is -2.09. The van der Waals surface area contributed by atoms with Gasteiger partial charge >= 0.3 is 0 Å². The van der Waals surface area contributed by atoms with Crippen LogP contribution in [0.15, 0.2) is 0 Å². The van der Waals surface area contributed by atoms with Gasteiger partial charge < -0.3 is 15.2 Å². The fourth-order valence-electron chi connectivity index (χ4n) is 1.22. The lowest BCUT2D eigenvalue weighted by Gasteiger charge is -2.11. The zero-order valence-corrected chi connectivity index (χ0v) is 9.37. The maximum atomic E-state index is 8.69. The molecule has 2 N–H and O–H groups in total. The van der Waals surface area contributed by atoms with E-state index in [-0.39, 0.29) is 13.2 Å². The lowest BCUT2D eigenvalue weighted by atomic mass is 10.3. The molecule has 0 amide bonds. The van der Waals surface area contributed by atoms with Crippen LogP contribution in [0.2, 0.25) is 0 Å². The Labute approximate surface area is 89.5 Å². The highest BCUT2D eigenvalue weighted by atomic mass is 16.5. The van der Waals surface area contributed by atoms with Crippen molar-refractivity contribution in [1.29, 1.82) is 0 Å². The molecule has 0 aliphatic carbocycles. The minimum Gasteiger partial charge on any atom is -0.475 e. The first kappa shape index (κ1) is 11.7. The molecule has 0 saturated heterocycles. The summed E-state index contributed by atoms with van der Waals surface area (Å²) in [6.45, 7) is 4.11. The Morgan fingerprint density at radius 3 is 2.67 bits per heavy atom. The second-order valence-electron chi connectivity index (χ2n) is 3.09. The molecule has 0 atom stereocenters. The van der Waals surface area contributed by atoms with E-state index >= 15 is 0 Å². The van der Waals surface area contributed by atoms with Gasteiger partial charge in [-0.05, 0) is 6.92 Å². The van der Waals surface area contributed by atoms with Crippen molar-refractivity contribution in [2.24, 2.45) is 0 Å². The number of hydrogen-bond acceptors (Lipinski definition) is 5. The zero-order chi connectivity index (χ0) is 11.3. The van der Waals surface area contributed by atoms with E-state index in [4.69, 9.17) is 9.84 Å². The highest BCUT2D eigenvalue weighted by Gasteiger charge is 2.09. The number of aliphatic hydroxyl groups is 1. The Morgan fingerprint density at radius 2 is 2.13 bits per heavy atom. The molecule has 15 heavy (non-hydrogen) atoms. The van der Waals surface area contributed by atoms with Crippen molar-refractivity contribution in [3.63, 3.8) is 0 Å². The summed E-state index contributed by atoms with van der Waals surface area (Å²) >= 11 is 0. The predicted molar refractivity (Wildman–Crippen MR) is 58.3 cm³/mol. The van der Waals surface area contributed by atoms with Crippen molar-refractivity contribution < 1.29 is 9.84 Å². The molecule has 1 aromatic heterocycles. The van der Waals surface area contributed by atoms with Crippen LogP contribution in [0, 0.1) is 6.92 Å². The van der Waals surface area contributed by atoms with E-state index in [1.54, 1.807) is 0 Å². The number of aryl methyl sites for hydroxylation is 1. The van der Waals surface area contributed by atoms with Crippen molar-refractivity contribution in [3.05, 3.63) is 11.4 Å². The summed E-state index contributed by atoms with van der Waals surface area (Å²) in [6, 6.07) is 0. The first-order chi connectivity index (χ1) is 7.22. The van der Waals surface area contributed by atoms with Crippen LogP contribution in [0.4, 0.5) is 5.82 Å². The van der Waals surface area contributed by atoms with Gasteiger partial charge in [-0.2, -0.15) is 4.98 Å². The van der Waals surface area contributed by atoms with E-state index in [0.717, 1.165) is 23.6 Å². The largest absolute Gasteiger partial charge is 0.475 e. The second kappa shape index (κ2) is 5.50. The van der Waals surface area contributed by atoms with Crippen LogP contribution in [0.3, 0.4) is 0 Å². The Morgan fingerprint density at radius 1 is 1.40 bits per heavy atom. The molecule has 1 heterocycles. The average molecular weight is 211 g/mol. The third kappa shape index (κ3) is 2.79. The quantitative estimate of drug-likeness (QED) is 0.752. The van der Waals surface area contributed by atoms with Gasteiger partial charge in [0.05, 0.1) is 12.2 Å². The van der Waals surface area contributed by atoms with Gasteiger partial charge in [0.15, 0.2) is 0 Å². The Hall–Kier alpha value is -1.36. The minimum atomic E-state index is -0.0141. The first-order valence-corrected chi connectivity index (χ1v) is 5.01. The third-order valence-corrected chi connectivity index (χ3v) is 2.03. The summed E-state index contributed by atoms with van der Waals surface area (Å²) < 4.78 is 5.33. The highest BCUT2D eigenvalue weighted by molar-refractivity contribution is 5.48. The molecule has 0 saturated carbocycles. The van der Waals surface area contributed by atoms with Crippen LogP contribution < -0.4 is 10.1 Å². The van der Waals surface area contributed by atoms with Gasteiger partial charge in [0.1, 0.15) is 18.2 Å². The van der Waals surface area contributed by atoms with E-state index in [2.05, 4.69) is 15.3 Å². The fraction of sp³-hybridized carbons (Fsp3) is 0.600. The van der Waals surface area contributed by atoms with Crippen molar-refractivity contribution in [2.45, 2.75) is 20.3 Å². The summed E-state index contributed by atoms with van der Waals surface area (Å²) in [5.41, 5.74) is 0.864. The number of nitrogens with zero attached hydrogens (tertiary/aromatic N) is 2. The monoisotopic (exact) mass is 211 g/mol. The van der Waals surface area contributed by atoms with Crippen LogP contribution >= 0.6 is 0 Å². The number of aliphatic hydroxyl groups excluding tert-OH is 1. The summed E-state index contributed by atoms with van der Waals surface area (Å²) in [5, 5.41) is 11.7. The lowest BCUT2D eigenvalue weighted by molar-refractivity contribution is 0.195. The topological polar surface area (TPSA) is 67.3 Å². The summed E-state index contributed by atoms with van der Waals surface area (Å²) in [6.07, 6.45) is 0.754. The Bertz CT molecular complexity index is 329. The zero-order valence-electron chi connectivity index (χ0n) is 9.37. The molecular weight excluding hydrogens is 194 g/mol. The van der Waals surface area contributed by atoms with Crippen LogP contribution in [0.5, 0.6) is 5.88 Å². The van der Waals surface area contributed by atoms with E-state index in [1.165, 1.54) is 0 Å². The van der Waals surface area contributed by atoms with E-state index in [9.17, 15) is 0 Å². The molecule has 84 valence electrons. The number of anilines is 1. The maximum absolute atomic E-state index is 8.69. The minimum absolute atomic E-state index is 0.0141. The van der Waals surface area contributed by atoms with Crippen LogP contribution in [-0.4, -0.2) is 35.3 Å². The molecular formula is C10H17N3O2. The van der Waals surface area contributed by atoms with Gasteiger partial charge in [-0.25, -0.2) is 4.98 Å². The molecule has 0 aromatic carbocycles. The highest BCUT2D eigenvalue weighted by Crippen LogP contribution is 2.21. The van der Waals surface area contributed by atoms with Gasteiger partial charge in [0.2, 0.25) is 5.88 Å². The predicted octanol–water partition coefficient (Wildman–Crippen LogP) is 0.760. The molecule has 5 heteroatoms. The smallest absolute Gasteiger partial charge is 0.221 e. The van der Waals surface area contributed by atoms with E-state index < -0.39 is 0 Å². The molecule has 1 aromatic rings. The molecule has 5 nitrogen and oxygen atoms in total. The fourth-order valence-corrected chi connectivity index (χ4v) is 1.22. The number of nitrogens with one attached hydrogen (secondary N) is 1. The summed E-state index contributed by atoms with van der Waals surface area (Å²) in [7, 11) is 1.81. The maximum Gasteiger partial charge on any atom is 0.221 e. The molecule has 0 aliphatic heterocycles. The van der Waals surface area contributed by atoms with Gasteiger partial charge in [0, 0.05) is 13.5 Å². The molecule has 0 unspecified atom stereocenters. The molecule has 0 bridgehead atoms. The molecule has 1 rings (SSSR count). The van der Waals surface area contributed by atoms with Crippen molar-refractivity contribution >= 4 is 5.82 Å². The number of aromatic nitrogens is 2. The van der Waals surface area contributed by atoms with E-state index in [1.807, 2.05) is 20.9 Å². The van der Waals surface area contributed by atoms with Crippen molar-refractivity contribution in [3.8, 4) is 5.88 Å². The van der Waals surface area contributed by atoms with Crippen molar-refractivity contribution in [2.75, 3.05) is 25.6 Å². The SMILES string of the molecule is CCc1nc(NC)c(C)c(OCCO)n1. The average Bonchev–Trinajstić information content (AvgIpc) is 2.27. The molecule has 0 aliphatic rings. The summed E-state index contributed by atoms with van der Waals surface area (Å²) in [5.74, 6) is 2.05. The van der Waals surface area contributed by atoms with Gasteiger partial charge in [-0.1, -0.05) is 6.92 Å². The normalized spacial score (nSPS) is 10.1.